The van der Waals surface area contributed by atoms with Crippen molar-refractivity contribution in [3.8, 4) is 22.8 Å². The van der Waals surface area contributed by atoms with Gasteiger partial charge in [0.05, 0.1) is 16.2 Å². The Morgan fingerprint density at radius 2 is 1.73 bits per heavy atom. The maximum Gasteiger partial charge on any atom is 0.335 e. The number of pyridine rings is 1. The minimum Gasteiger partial charge on any atom is -0.478 e. The zero-order valence-electron chi connectivity index (χ0n) is 13.8. The van der Waals surface area contributed by atoms with Crippen molar-refractivity contribution in [1.29, 1.82) is 0 Å². The van der Waals surface area contributed by atoms with Crippen LogP contribution in [0.4, 0.5) is 0 Å². The number of aromatic nitrogens is 1. The van der Waals surface area contributed by atoms with Gasteiger partial charge in [-0.05, 0) is 54.6 Å². The van der Waals surface area contributed by atoms with E-state index in [0.717, 1.165) is 6.26 Å². The Bertz CT molecular complexity index is 1050. The Balaban J connectivity index is 1.97. The summed E-state index contributed by atoms with van der Waals surface area (Å²) in [4.78, 5) is 15.8. The number of rotatable bonds is 5. The summed E-state index contributed by atoms with van der Waals surface area (Å²) >= 11 is 0. The van der Waals surface area contributed by atoms with Crippen LogP contribution in [-0.4, -0.2) is 30.7 Å². The van der Waals surface area contributed by atoms with Crippen LogP contribution in [0, 0.1) is 0 Å². The SMILES string of the molecule is CS(=O)(=O)c1ccc(Oc2cc(C(=O)O)cc(-c3ccccn3)c2)cc1. The van der Waals surface area contributed by atoms with E-state index in [4.69, 9.17) is 4.74 Å². The van der Waals surface area contributed by atoms with Gasteiger partial charge in [0, 0.05) is 18.0 Å². The molecule has 26 heavy (non-hydrogen) atoms. The molecular weight excluding hydrogens is 354 g/mol. The Hall–Kier alpha value is -3.19. The monoisotopic (exact) mass is 369 g/mol. The molecule has 0 amide bonds. The topological polar surface area (TPSA) is 93.6 Å². The fourth-order valence-electron chi connectivity index (χ4n) is 2.35. The van der Waals surface area contributed by atoms with E-state index < -0.39 is 15.8 Å². The lowest BCUT2D eigenvalue weighted by atomic mass is 10.1. The van der Waals surface area contributed by atoms with Gasteiger partial charge in [-0.25, -0.2) is 13.2 Å². The second kappa shape index (κ2) is 6.97. The van der Waals surface area contributed by atoms with Gasteiger partial charge in [-0.1, -0.05) is 6.07 Å². The largest absolute Gasteiger partial charge is 0.478 e. The highest BCUT2D eigenvalue weighted by molar-refractivity contribution is 7.90. The summed E-state index contributed by atoms with van der Waals surface area (Å²) in [5.74, 6) is -0.371. The average Bonchev–Trinajstić information content (AvgIpc) is 2.62. The number of nitrogens with zero attached hydrogens (tertiary/aromatic N) is 1. The predicted octanol–water partition coefficient (Wildman–Crippen LogP) is 3.64. The minimum atomic E-state index is -3.29. The molecule has 3 rings (SSSR count). The van der Waals surface area contributed by atoms with Gasteiger partial charge in [-0.15, -0.1) is 0 Å². The molecule has 2 aromatic carbocycles. The van der Waals surface area contributed by atoms with Gasteiger partial charge in [0.2, 0.25) is 0 Å². The number of benzene rings is 2. The van der Waals surface area contributed by atoms with Gasteiger partial charge in [0.1, 0.15) is 11.5 Å². The van der Waals surface area contributed by atoms with E-state index in [1.165, 1.54) is 36.4 Å². The molecule has 1 aromatic heterocycles. The first kappa shape index (κ1) is 17.6. The molecule has 1 heterocycles. The first-order chi connectivity index (χ1) is 12.3. The lowest BCUT2D eigenvalue weighted by Crippen LogP contribution is -1.99. The summed E-state index contributed by atoms with van der Waals surface area (Å²) in [5, 5.41) is 9.33. The van der Waals surface area contributed by atoms with Crippen LogP contribution in [0.15, 0.2) is 71.8 Å². The lowest BCUT2D eigenvalue weighted by molar-refractivity contribution is 0.0696. The van der Waals surface area contributed by atoms with Crippen molar-refractivity contribution in [1.82, 2.24) is 4.98 Å². The molecule has 6 nitrogen and oxygen atoms in total. The summed E-state index contributed by atoms with van der Waals surface area (Å²) in [6.07, 6.45) is 2.74. The normalized spacial score (nSPS) is 11.1. The van der Waals surface area contributed by atoms with Crippen LogP contribution in [0.2, 0.25) is 0 Å². The standard InChI is InChI=1S/C19H15NO5S/c1-26(23,24)17-7-5-15(6-8-17)25-16-11-13(10-14(12-16)19(21)22)18-4-2-3-9-20-18/h2-12H,1H3,(H,21,22). The molecule has 0 saturated heterocycles. The number of carboxylic acid groups (broad SMARTS) is 1. The number of carbonyl (C=O) groups is 1. The first-order valence-corrected chi connectivity index (χ1v) is 9.50. The van der Waals surface area contributed by atoms with Crippen molar-refractivity contribution < 1.29 is 23.1 Å². The van der Waals surface area contributed by atoms with Crippen molar-refractivity contribution in [3.05, 3.63) is 72.4 Å². The Labute approximate surface area is 150 Å². The highest BCUT2D eigenvalue weighted by Gasteiger charge is 2.11. The molecule has 3 aromatic rings. The van der Waals surface area contributed by atoms with Crippen molar-refractivity contribution in [2.24, 2.45) is 0 Å². The molecule has 0 bridgehead atoms. The number of ether oxygens (including phenoxy) is 1. The Kier molecular flexibility index (Phi) is 4.73. The molecule has 132 valence electrons. The van der Waals surface area contributed by atoms with Crippen LogP contribution in [0.3, 0.4) is 0 Å². The van der Waals surface area contributed by atoms with E-state index in [2.05, 4.69) is 4.98 Å². The van der Waals surface area contributed by atoms with Crippen LogP contribution < -0.4 is 4.74 Å². The number of sulfone groups is 1. The molecule has 0 spiro atoms. The van der Waals surface area contributed by atoms with E-state index >= 15 is 0 Å². The fourth-order valence-corrected chi connectivity index (χ4v) is 2.98. The molecular formula is C19H15NO5S. The average molecular weight is 369 g/mol. The maximum atomic E-state index is 11.5. The van der Waals surface area contributed by atoms with Crippen molar-refractivity contribution in [2.75, 3.05) is 6.26 Å². The minimum absolute atomic E-state index is 0.0657. The van der Waals surface area contributed by atoms with Crippen molar-refractivity contribution in [3.63, 3.8) is 0 Å². The summed E-state index contributed by atoms with van der Waals surface area (Å²) in [7, 11) is -3.29. The zero-order valence-corrected chi connectivity index (χ0v) is 14.6. The van der Waals surface area contributed by atoms with E-state index in [1.54, 1.807) is 30.5 Å². The van der Waals surface area contributed by atoms with Crippen LogP contribution in [0.5, 0.6) is 11.5 Å². The molecule has 0 saturated carbocycles. The van der Waals surface area contributed by atoms with Crippen LogP contribution in [0.1, 0.15) is 10.4 Å². The van der Waals surface area contributed by atoms with E-state index in [1.807, 2.05) is 0 Å². The zero-order chi connectivity index (χ0) is 18.7. The van der Waals surface area contributed by atoms with Crippen molar-refractivity contribution in [2.45, 2.75) is 4.90 Å². The molecule has 0 aliphatic heterocycles. The quantitative estimate of drug-likeness (QED) is 0.738. The first-order valence-electron chi connectivity index (χ1n) is 7.61. The van der Waals surface area contributed by atoms with Crippen LogP contribution in [0.25, 0.3) is 11.3 Å². The molecule has 1 N–H and O–H groups in total. The Morgan fingerprint density at radius 3 is 2.31 bits per heavy atom. The van der Waals surface area contributed by atoms with Gasteiger partial charge >= 0.3 is 5.97 Å². The lowest BCUT2D eigenvalue weighted by Gasteiger charge is -2.10. The van der Waals surface area contributed by atoms with Gasteiger partial charge < -0.3 is 9.84 Å². The summed E-state index contributed by atoms with van der Waals surface area (Å²) in [5.41, 5.74) is 1.29. The molecule has 0 radical (unpaired) electrons. The number of hydrogen-bond donors (Lipinski definition) is 1. The molecule has 7 heteroatoms. The Morgan fingerprint density at radius 1 is 1.00 bits per heavy atom. The fraction of sp³-hybridized carbons (Fsp3) is 0.0526. The van der Waals surface area contributed by atoms with Gasteiger partial charge in [0.15, 0.2) is 9.84 Å². The van der Waals surface area contributed by atoms with Crippen LogP contribution >= 0.6 is 0 Å². The summed E-state index contributed by atoms with van der Waals surface area (Å²) < 4.78 is 28.7. The van der Waals surface area contributed by atoms with Crippen LogP contribution in [-0.2, 0) is 9.84 Å². The van der Waals surface area contributed by atoms with Gasteiger partial charge in [-0.3, -0.25) is 4.98 Å². The number of hydrogen-bond acceptors (Lipinski definition) is 5. The highest BCUT2D eigenvalue weighted by Crippen LogP contribution is 2.29. The van der Waals surface area contributed by atoms with E-state index in [0.29, 0.717) is 22.8 Å². The molecule has 0 unspecified atom stereocenters. The second-order valence-electron chi connectivity index (χ2n) is 5.61. The molecule has 0 fully saturated rings. The molecule has 0 atom stereocenters. The third-order valence-electron chi connectivity index (χ3n) is 3.60. The van der Waals surface area contributed by atoms with Crippen molar-refractivity contribution >= 4 is 15.8 Å². The number of aromatic carboxylic acids is 1. The molecule has 0 aliphatic carbocycles. The molecule has 0 aliphatic rings. The van der Waals surface area contributed by atoms with E-state index in [-0.39, 0.29) is 10.5 Å². The summed E-state index contributed by atoms with van der Waals surface area (Å²) in [6, 6.07) is 15.9. The maximum absolute atomic E-state index is 11.5. The third kappa shape index (κ3) is 4.07. The van der Waals surface area contributed by atoms with Gasteiger partial charge in [-0.2, -0.15) is 0 Å². The second-order valence-corrected chi connectivity index (χ2v) is 7.63. The van der Waals surface area contributed by atoms with Gasteiger partial charge in [0.25, 0.3) is 0 Å². The number of carboxylic acids is 1. The highest BCUT2D eigenvalue weighted by atomic mass is 32.2. The smallest absolute Gasteiger partial charge is 0.335 e. The summed E-state index contributed by atoms with van der Waals surface area (Å²) in [6.45, 7) is 0. The third-order valence-corrected chi connectivity index (χ3v) is 4.73. The van der Waals surface area contributed by atoms with E-state index in [9.17, 15) is 18.3 Å². The predicted molar refractivity (Wildman–Crippen MR) is 96.3 cm³/mol.